The zero-order valence-electron chi connectivity index (χ0n) is 15.1. The Hall–Kier alpha value is -2.41. The molecule has 1 saturated heterocycles. The van der Waals surface area contributed by atoms with Crippen LogP contribution >= 0.6 is 0 Å². The fourth-order valence-electron chi connectivity index (χ4n) is 3.67. The van der Waals surface area contributed by atoms with Crippen LogP contribution in [0.5, 0.6) is 5.75 Å². The van der Waals surface area contributed by atoms with Gasteiger partial charge >= 0.3 is 0 Å². The first-order valence-electron chi connectivity index (χ1n) is 9.30. The maximum atomic E-state index is 12.4. The maximum absolute atomic E-state index is 12.4. The van der Waals surface area contributed by atoms with E-state index in [4.69, 9.17) is 4.74 Å². The number of hydrogen-bond acceptors (Lipinski definition) is 5. The van der Waals surface area contributed by atoms with Gasteiger partial charge in [0, 0.05) is 32.1 Å². The average Bonchev–Trinajstić information content (AvgIpc) is 3.11. The highest BCUT2D eigenvalue weighted by molar-refractivity contribution is 5.77. The van der Waals surface area contributed by atoms with Crippen LogP contribution in [-0.4, -0.2) is 51.8 Å². The lowest BCUT2D eigenvalue weighted by Crippen LogP contribution is -2.41. The number of nitrogens with zero attached hydrogens (tertiary/aromatic N) is 4. The topological polar surface area (TPSA) is 72.3 Å². The summed E-state index contributed by atoms with van der Waals surface area (Å²) in [6.07, 6.45) is 1.86. The van der Waals surface area contributed by atoms with E-state index in [1.165, 1.54) is 5.56 Å². The van der Waals surface area contributed by atoms with E-state index in [-0.39, 0.29) is 12.5 Å². The summed E-state index contributed by atoms with van der Waals surface area (Å²) in [4.78, 5) is 14.3. The number of aromatic nitrogens is 3. The van der Waals surface area contributed by atoms with Crippen molar-refractivity contribution in [1.82, 2.24) is 25.0 Å². The van der Waals surface area contributed by atoms with E-state index in [1.54, 1.807) is 0 Å². The molecule has 1 N–H and O–H groups in total. The third-order valence-electron chi connectivity index (χ3n) is 5.25. The van der Waals surface area contributed by atoms with Crippen molar-refractivity contribution in [3.63, 3.8) is 0 Å². The van der Waals surface area contributed by atoms with E-state index in [2.05, 4.69) is 20.1 Å². The summed E-state index contributed by atoms with van der Waals surface area (Å²) < 4.78 is 7.87. The second-order valence-corrected chi connectivity index (χ2v) is 7.06. The largest absolute Gasteiger partial charge is 0.484 e. The van der Waals surface area contributed by atoms with E-state index in [1.807, 2.05) is 36.1 Å². The summed E-state index contributed by atoms with van der Waals surface area (Å²) in [5, 5.41) is 12.0. The van der Waals surface area contributed by atoms with Crippen LogP contribution in [0.4, 0.5) is 0 Å². The number of fused-ring (bicyclic) bond motifs is 1. The number of hydrogen-bond donors (Lipinski definition) is 1. The van der Waals surface area contributed by atoms with Gasteiger partial charge in [-0.25, -0.2) is 0 Å². The van der Waals surface area contributed by atoms with Gasteiger partial charge in [-0.05, 0) is 31.9 Å². The van der Waals surface area contributed by atoms with E-state index in [0.717, 1.165) is 63.0 Å². The van der Waals surface area contributed by atoms with Crippen molar-refractivity contribution in [2.75, 3.05) is 26.2 Å². The van der Waals surface area contributed by atoms with Crippen LogP contribution in [-0.2, 0) is 17.9 Å². The average molecular weight is 355 g/mol. The molecule has 1 aromatic carbocycles. The molecule has 1 amide bonds. The van der Waals surface area contributed by atoms with Crippen molar-refractivity contribution >= 4 is 5.91 Å². The summed E-state index contributed by atoms with van der Waals surface area (Å²) in [6, 6.07) is 7.77. The van der Waals surface area contributed by atoms with E-state index < -0.39 is 0 Å². The quantitative estimate of drug-likeness (QED) is 0.899. The molecule has 0 unspecified atom stereocenters. The molecule has 2 aliphatic heterocycles. The first-order valence-corrected chi connectivity index (χ1v) is 9.30. The molecule has 7 heteroatoms. The number of carbonyl (C=O) groups excluding carboxylic acids is 1. The van der Waals surface area contributed by atoms with Crippen molar-refractivity contribution in [3.05, 3.63) is 41.5 Å². The van der Waals surface area contributed by atoms with Crippen LogP contribution in [0, 0.1) is 6.92 Å². The molecule has 0 saturated carbocycles. The number of carbonyl (C=O) groups is 1. The first kappa shape index (κ1) is 17.0. The number of nitrogens with one attached hydrogen (secondary N) is 1. The molecule has 0 radical (unpaired) electrons. The molecule has 26 heavy (non-hydrogen) atoms. The monoisotopic (exact) mass is 355 g/mol. The van der Waals surface area contributed by atoms with Gasteiger partial charge < -0.3 is 19.5 Å². The van der Waals surface area contributed by atoms with Gasteiger partial charge in [0.2, 0.25) is 0 Å². The molecule has 1 fully saturated rings. The minimum absolute atomic E-state index is 0.0523. The summed E-state index contributed by atoms with van der Waals surface area (Å²) >= 11 is 0. The van der Waals surface area contributed by atoms with Crippen LogP contribution in [0.2, 0.25) is 0 Å². The smallest absolute Gasteiger partial charge is 0.260 e. The predicted octanol–water partition coefficient (Wildman–Crippen LogP) is 1.47. The molecule has 0 spiro atoms. The van der Waals surface area contributed by atoms with Crippen molar-refractivity contribution in [1.29, 1.82) is 0 Å². The Morgan fingerprint density at radius 2 is 1.96 bits per heavy atom. The zero-order valence-corrected chi connectivity index (χ0v) is 15.1. The normalized spacial score (nSPS) is 17.8. The van der Waals surface area contributed by atoms with Gasteiger partial charge in [-0.3, -0.25) is 4.79 Å². The third kappa shape index (κ3) is 3.58. The summed E-state index contributed by atoms with van der Waals surface area (Å²) in [7, 11) is 0. The van der Waals surface area contributed by atoms with Crippen molar-refractivity contribution in [2.24, 2.45) is 0 Å². The highest BCUT2D eigenvalue weighted by atomic mass is 16.5. The lowest BCUT2D eigenvalue weighted by atomic mass is 9.95. The van der Waals surface area contributed by atoms with Gasteiger partial charge in [0.05, 0.1) is 6.54 Å². The fourth-order valence-corrected chi connectivity index (χ4v) is 3.67. The van der Waals surface area contributed by atoms with Crippen molar-refractivity contribution in [3.8, 4) is 5.75 Å². The molecular weight excluding hydrogens is 330 g/mol. The molecule has 0 aliphatic carbocycles. The van der Waals surface area contributed by atoms with Crippen LogP contribution < -0.4 is 10.1 Å². The number of aryl methyl sites for hydroxylation is 1. The molecule has 2 aromatic rings. The number of amides is 1. The minimum Gasteiger partial charge on any atom is -0.484 e. The Labute approximate surface area is 153 Å². The highest BCUT2D eigenvalue weighted by Gasteiger charge is 2.28. The van der Waals surface area contributed by atoms with Gasteiger partial charge in [0.1, 0.15) is 17.4 Å². The van der Waals surface area contributed by atoms with Gasteiger partial charge in [-0.2, -0.15) is 0 Å². The molecule has 2 aliphatic rings. The van der Waals surface area contributed by atoms with Crippen molar-refractivity contribution < 1.29 is 9.53 Å². The molecule has 4 rings (SSSR count). The first-order chi connectivity index (χ1) is 12.7. The number of ether oxygens (including phenoxy) is 1. The summed E-state index contributed by atoms with van der Waals surface area (Å²) in [5.74, 6) is 3.29. The zero-order chi connectivity index (χ0) is 17.9. The van der Waals surface area contributed by atoms with Crippen LogP contribution in [0.3, 0.4) is 0 Å². The molecular formula is C19H25N5O2. The summed E-state index contributed by atoms with van der Waals surface area (Å²) in [5.41, 5.74) is 1.18. The second-order valence-electron chi connectivity index (χ2n) is 7.06. The molecule has 138 valence electrons. The van der Waals surface area contributed by atoms with Gasteiger partial charge in [0.15, 0.2) is 6.61 Å². The van der Waals surface area contributed by atoms with Gasteiger partial charge in [-0.15, -0.1) is 10.2 Å². The molecule has 0 bridgehead atoms. The Morgan fingerprint density at radius 3 is 2.73 bits per heavy atom. The molecule has 3 heterocycles. The number of rotatable bonds is 4. The number of piperidine rings is 1. The minimum atomic E-state index is 0.0523. The van der Waals surface area contributed by atoms with E-state index in [0.29, 0.717) is 5.92 Å². The Morgan fingerprint density at radius 1 is 1.19 bits per heavy atom. The Kier molecular flexibility index (Phi) is 4.88. The number of benzene rings is 1. The van der Waals surface area contributed by atoms with Crippen molar-refractivity contribution in [2.45, 2.75) is 38.8 Å². The fraction of sp³-hybridized carbons (Fsp3) is 0.526. The molecule has 1 aromatic heterocycles. The SMILES string of the molecule is Cc1ccc(OCC(=O)N2CCC(c3nnc4n3CCNC4)CC2)cc1. The van der Waals surface area contributed by atoms with Crippen LogP contribution in [0.15, 0.2) is 24.3 Å². The highest BCUT2D eigenvalue weighted by Crippen LogP contribution is 2.28. The maximum Gasteiger partial charge on any atom is 0.260 e. The van der Waals surface area contributed by atoms with E-state index in [9.17, 15) is 4.79 Å². The van der Waals surface area contributed by atoms with Gasteiger partial charge in [-0.1, -0.05) is 17.7 Å². The summed E-state index contributed by atoms with van der Waals surface area (Å²) in [6.45, 7) is 6.32. The lowest BCUT2D eigenvalue weighted by Gasteiger charge is -2.32. The standard InChI is InChI=1S/C19H25N5O2/c1-14-2-4-16(5-3-14)26-13-18(25)23-9-6-15(7-10-23)19-22-21-17-12-20-8-11-24(17)19/h2-5,15,20H,6-13H2,1H3. The second kappa shape index (κ2) is 7.45. The van der Waals surface area contributed by atoms with Crippen LogP contribution in [0.25, 0.3) is 0 Å². The third-order valence-corrected chi connectivity index (χ3v) is 5.25. The van der Waals surface area contributed by atoms with Gasteiger partial charge in [0.25, 0.3) is 5.91 Å². The Bertz CT molecular complexity index is 763. The van der Waals surface area contributed by atoms with Crippen LogP contribution in [0.1, 0.15) is 36.0 Å². The molecule has 7 nitrogen and oxygen atoms in total. The lowest BCUT2D eigenvalue weighted by molar-refractivity contribution is -0.134. The Balaban J connectivity index is 1.30. The van der Waals surface area contributed by atoms with E-state index >= 15 is 0 Å². The predicted molar refractivity (Wildman–Crippen MR) is 97.0 cm³/mol. The number of likely N-dealkylation sites (tertiary alicyclic amines) is 1. The molecule has 0 atom stereocenters.